The molecule has 1 aromatic rings. The Morgan fingerprint density at radius 3 is 2.57 bits per heavy atom. The topological polar surface area (TPSA) is 42.4 Å². The van der Waals surface area contributed by atoms with E-state index < -0.39 is 5.60 Å². The Morgan fingerprint density at radius 2 is 2.05 bits per heavy atom. The van der Waals surface area contributed by atoms with Gasteiger partial charge in [0.25, 0.3) is 0 Å². The maximum Gasteiger partial charge on any atom is 0.411 e. The summed E-state index contributed by atoms with van der Waals surface area (Å²) in [5.41, 5.74) is 1.40. The van der Waals surface area contributed by atoms with Gasteiger partial charge in [-0.1, -0.05) is 12.1 Å². The van der Waals surface area contributed by atoms with Crippen LogP contribution in [0.2, 0.25) is 0 Å². The number of ether oxygens (including phenoxy) is 1. The molecular formula is C17H24N2O2. The first-order chi connectivity index (χ1) is 9.69. The third-order valence-electron chi connectivity index (χ3n) is 3.48. The Morgan fingerprint density at radius 1 is 1.33 bits per heavy atom. The van der Waals surface area contributed by atoms with Gasteiger partial charge in [0.2, 0.25) is 0 Å². The lowest BCUT2D eigenvalue weighted by Crippen LogP contribution is -2.51. The molecule has 0 fully saturated rings. The van der Waals surface area contributed by atoms with Crippen molar-refractivity contribution in [1.82, 2.24) is 9.88 Å². The average molecular weight is 288 g/mol. The Hall–Kier alpha value is -1.84. The van der Waals surface area contributed by atoms with E-state index in [9.17, 15) is 4.79 Å². The zero-order valence-electron chi connectivity index (χ0n) is 13.5. The van der Waals surface area contributed by atoms with Crippen molar-refractivity contribution in [3.05, 3.63) is 36.2 Å². The summed E-state index contributed by atoms with van der Waals surface area (Å²) in [4.78, 5) is 18.5. The summed E-state index contributed by atoms with van der Waals surface area (Å²) >= 11 is 0. The van der Waals surface area contributed by atoms with Crippen molar-refractivity contribution >= 4 is 11.7 Å². The number of rotatable bonds is 1. The van der Waals surface area contributed by atoms with Gasteiger partial charge in [0, 0.05) is 18.3 Å². The molecule has 0 N–H and O–H groups in total. The fourth-order valence-corrected chi connectivity index (χ4v) is 2.47. The minimum atomic E-state index is -0.474. The first-order valence-electron chi connectivity index (χ1n) is 7.30. The molecule has 4 heteroatoms. The molecule has 0 aliphatic carbocycles. The summed E-state index contributed by atoms with van der Waals surface area (Å²) < 4.78 is 5.50. The fourth-order valence-electron chi connectivity index (χ4n) is 2.47. The first-order valence-corrected chi connectivity index (χ1v) is 7.30. The molecule has 0 bridgehead atoms. The minimum absolute atomic E-state index is 0.260. The number of carbonyl (C=O) groups is 1. The van der Waals surface area contributed by atoms with Gasteiger partial charge in [-0.2, -0.15) is 0 Å². The number of carbonyl (C=O) groups excluding carboxylic acids is 1. The number of hydrogen-bond donors (Lipinski definition) is 0. The maximum atomic E-state index is 12.3. The summed E-state index contributed by atoms with van der Waals surface area (Å²) in [7, 11) is 0. The number of hydrogen-bond acceptors (Lipinski definition) is 3. The van der Waals surface area contributed by atoms with Crippen molar-refractivity contribution in [3.8, 4) is 0 Å². The lowest BCUT2D eigenvalue weighted by Gasteiger charge is -2.42. The molecule has 0 saturated heterocycles. The second-order valence-corrected chi connectivity index (χ2v) is 7.02. The molecule has 0 unspecified atom stereocenters. The summed E-state index contributed by atoms with van der Waals surface area (Å²) in [5.74, 6) is 0. The molecule has 21 heavy (non-hydrogen) atoms. The van der Waals surface area contributed by atoms with Gasteiger partial charge in [-0.05, 0) is 58.7 Å². The van der Waals surface area contributed by atoms with E-state index in [1.807, 2.05) is 39.0 Å². The van der Waals surface area contributed by atoms with E-state index >= 15 is 0 Å². The first kappa shape index (κ1) is 15.5. The summed E-state index contributed by atoms with van der Waals surface area (Å²) in [6.45, 7) is 10.3. The van der Waals surface area contributed by atoms with Crippen LogP contribution in [0.5, 0.6) is 0 Å². The van der Waals surface area contributed by atoms with Crippen LogP contribution in [0.1, 0.15) is 46.7 Å². The Kier molecular flexibility index (Phi) is 4.08. The third-order valence-corrected chi connectivity index (χ3v) is 3.48. The monoisotopic (exact) mass is 288 g/mol. The minimum Gasteiger partial charge on any atom is -0.444 e. The molecule has 0 spiro atoms. The highest BCUT2D eigenvalue weighted by Gasteiger charge is 2.37. The molecule has 0 radical (unpaired) electrons. The Bertz CT molecular complexity index is 542. The van der Waals surface area contributed by atoms with E-state index in [2.05, 4.69) is 24.9 Å². The lowest BCUT2D eigenvalue weighted by molar-refractivity contribution is 0.00616. The van der Waals surface area contributed by atoms with Gasteiger partial charge in [0.1, 0.15) is 5.60 Å². The van der Waals surface area contributed by atoms with E-state index in [4.69, 9.17) is 4.74 Å². The third kappa shape index (κ3) is 3.84. The smallest absolute Gasteiger partial charge is 0.411 e. The Labute approximate surface area is 126 Å². The molecule has 0 atom stereocenters. The van der Waals surface area contributed by atoms with Gasteiger partial charge >= 0.3 is 6.09 Å². The lowest BCUT2D eigenvalue weighted by atomic mass is 9.88. The molecule has 114 valence electrons. The molecule has 2 rings (SSSR count). The maximum absolute atomic E-state index is 12.3. The number of pyridine rings is 1. The normalized spacial score (nSPS) is 18.1. The van der Waals surface area contributed by atoms with Crippen molar-refractivity contribution < 1.29 is 9.53 Å². The SMILES string of the molecule is CC(C)(C)OC(=O)N1CC=C(c2ccccn2)CC1(C)C. The van der Waals surface area contributed by atoms with Gasteiger partial charge < -0.3 is 4.74 Å². The fraction of sp³-hybridized carbons (Fsp3) is 0.529. The van der Waals surface area contributed by atoms with Crippen molar-refractivity contribution in [1.29, 1.82) is 0 Å². The van der Waals surface area contributed by atoms with Gasteiger partial charge in [0.05, 0.1) is 5.69 Å². The van der Waals surface area contributed by atoms with E-state index in [0.717, 1.165) is 12.1 Å². The zero-order chi connectivity index (χ0) is 15.7. The highest BCUT2D eigenvalue weighted by atomic mass is 16.6. The molecule has 0 saturated carbocycles. The van der Waals surface area contributed by atoms with E-state index in [1.165, 1.54) is 5.57 Å². The summed E-state index contributed by atoms with van der Waals surface area (Å²) in [6.07, 6.45) is 4.37. The van der Waals surface area contributed by atoms with Gasteiger partial charge in [-0.15, -0.1) is 0 Å². The molecule has 0 aromatic carbocycles. The van der Waals surface area contributed by atoms with Crippen LogP contribution in [0.4, 0.5) is 4.79 Å². The highest BCUT2D eigenvalue weighted by molar-refractivity contribution is 5.73. The van der Waals surface area contributed by atoms with Gasteiger partial charge in [-0.3, -0.25) is 9.88 Å². The average Bonchev–Trinajstić information content (AvgIpc) is 2.36. The van der Waals surface area contributed by atoms with Crippen LogP contribution in [-0.2, 0) is 4.74 Å². The van der Waals surface area contributed by atoms with Crippen LogP contribution in [0, 0.1) is 0 Å². The molecule has 4 nitrogen and oxygen atoms in total. The van der Waals surface area contributed by atoms with Crippen LogP contribution >= 0.6 is 0 Å². The van der Waals surface area contributed by atoms with Crippen LogP contribution in [0.3, 0.4) is 0 Å². The van der Waals surface area contributed by atoms with Crippen molar-refractivity contribution in [2.75, 3.05) is 6.54 Å². The molecular weight excluding hydrogens is 264 g/mol. The molecule has 1 amide bonds. The van der Waals surface area contributed by atoms with Crippen molar-refractivity contribution in [2.45, 2.75) is 52.2 Å². The standard InChI is InChI=1S/C17H24N2O2/c1-16(2,3)21-15(20)19-11-9-13(12-17(19,4)5)14-8-6-7-10-18-14/h6-10H,11-12H2,1-5H3. The van der Waals surface area contributed by atoms with Gasteiger partial charge in [-0.25, -0.2) is 4.79 Å². The number of nitrogens with zero attached hydrogens (tertiary/aromatic N) is 2. The highest BCUT2D eigenvalue weighted by Crippen LogP contribution is 2.33. The molecule has 2 heterocycles. The van der Waals surface area contributed by atoms with Crippen LogP contribution < -0.4 is 0 Å². The van der Waals surface area contributed by atoms with E-state index in [-0.39, 0.29) is 11.6 Å². The van der Waals surface area contributed by atoms with E-state index in [1.54, 1.807) is 11.1 Å². The number of amides is 1. The predicted octanol–water partition coefficient (Wildman–Crippen LogP) is 3.88. The molecule has 1 aliphatic heterocycles. The summed E-state index contributed by atoms with van der Waals surface area (Å²) in [6, 6.07) is 5.90. The second-order valence-electron chi connectivity index (χ2n) is 7.02. The van der Waals surface area contributed by atoms with Crippen LogP contribution in [-0.4, -0.2) is 33.7 Å². The number of aromatic nitrogens is 1. The largest absolute Gasteiger partial charge is 0.444 e. The quantitative estimate of drug-likeness (QED) is 0.787. The predicted molar refractivity (Wildman–Crippen MR) is 83.9 cm³/mol. The zero-order valence-corrected chi connectivity index (χ0v) is 13.5. The summed E-state index contributed by atoms with van der Waals surface area (Å²) in [5, 5.41) is 0. The molecule has 1 aliphatic rings. The van der Waals surface area contributed by atoms with Gasteiger partial charge in [0.15, 0.2) is 0 Å². The second kappa shape index (κ2) is 5.51. The van der Waals surface area contributed by atoms with Crippen molar-refractivity contribution in [2.24, 2.45) is 0 Å². The van der Waals surface area contributed by atoms with Crippen molar-refractivity contribution in [3.63, 3.8) is 0 Å². The molecule has 1 aromatic heterocycles. The van der Waals surface area contributed by atoms with E-state index in [0.29, 0.717) is 6.54 Å². The Balaban J connectivity index is 2.18. The van der Waals surface area contributed by atoms with Crippen LogP contribution in [0.25, 0.3) is 5.57 Å². The van der Waals surface area contributed by atoms with Crippen LogP contribution in [0.15, 0.2) is 30.5 Å².